The van der Waals surface area contributed by atoms with Gasteiger partial charge in [-0.3, -0.25) is 9.59 Å². The van der Waals surface area contributed by atoms with Gasteiger partial charge in [-0.1, -0.05) is 50.8 Å². The lowest BCUT2D eigenvalue weighted by Gasteiger charge is -2.19. The molecule has 1 atom stereocenters. The monoisotopic (exact) mass is 231 g/mol. The highest BCUT2D eigenvalue weighted by molar-refractivity contribution is 5.94. The molecular formula is C14H17NO2. The number of hydrogen-bond donors (Lipinski definition) is 1. The largest absolute Gasteiger partial charge is 0.339 e. The van der Waals surface area contributed by atoms with Crippen LogP contribution in [0, 0.1) is 5.92 Å². The normalized spacial score (nSPS) is 11.9. The van der Waals surface area contributed by atoms with E-state index in [1.807, 2.05) is 44.2 Å². The fraction of sp³-hybridized carbons (Fsp3) is 0.286. The van der Waals surface area contributed by atoms with Crippen molar-refractivity contribution >= 4 is 11.7 Å². The summed E-state index contributed by atoms with van der Waals surface area (Å²) in [6, 6.07) is 8.62. The number of ketones is 1. The molecule has 0 spiro atoms. The van der Waals surface area contributed by atoms with Gasteiger partial charge < -0.3 is 5.32 Å². The van der Waals surface area contributed by atoms with Gasteiger partial charge in [0.25, 0.3) is 0 Å². The molecule has 3 nitrogen and oxygen atoms in total. The van der Waals surface area contributed by atoms with Crippen molar-refractivity contribution in [1.82, 2.24) is 5.32 Å². The molecule has 0 heterocycles. The fourth-order valence-corrected chi connectivity index (χ4v) is 1.50. The lowest BCUT2D eigenvalue weighted by atomic mass is 9.95. The second kappa shape index (κ2) is 5.99. The van der Waals surface area contributed by atoms with Crippen molar-refractivity contribution in [2.24, 2.45) is 5.92 Å². The molecule has 1 rings (SSSR count). The number of amides is 1. The summed E-state index contributed by atoms with van der Waals surface area (Å²) in [5.74, 6) is -0.482. The van der Waals surface area contributed by atoms with Crippen LogP contribution in [0.25, 0.3) is 0 Å². The first-order valence-electron chi connectivity index (χ1n) is 5.58. The predicted octanol–water partition coefficient (Wildman–Crippen LogP) is 2.25. The fourth-order valence-electron chi connectivity index (χ4n) is 1.50. The summed E-state index contributed by atoms with van der Waals surface area (Å²) < 4.78 is 0. The van der Waals surface area contributed by atoms with E-state index in [-0.39, 0.29) is 17.6 Å². The summed E-state index contributed by atoms with van der Waals surface area (Å²) in [6.07, 6.45) is 1.17. The third-order valence-corrected chi connectivity index (χ3v) is 2.46. The Labute approximate surface area is 102 Å². The lowest BCUT2D eigenvalue weighted by Crippen LogP contribution is -2.34. The quantitative estimate of drug-likeness (QED) is 0.790. The van der Waals surface area contributed by atoms with Gasteiger partial charge in [0.05, 0.1) is 0 Å². The van der Waals surface area contributed by atoms with E-state index in [1.54, 1.807) is 0 Å². The SMILES string of the molecule is C=CC(=O)NC(C(=O)C(C)C)c1ccccc1. The van der Waals surface area contributed by atoms with Crippen LogP contribution in [-0.4, -0.2) is 11.7 Å². The van der Waals surface area contributed by atoms with Crippen LogP contribution in [0.15, 0.2) is 43.0 Å². The van der Waals surface area contributed by atoms with E-state index >= 15 is 0 Å². The topological polar surface area (TPSA) is 46.2 Å². The van der Waals surface area contributed by atoms with E-state index in [0.29, 0.717) is 0 Å². The van der Waals surface area contributed by atoms with Crippen LogP contribution in [0.5, 0.6) is 0 Å². The molecule has 3 heteroatoms. The van der Waals surface area contributed by atoms with Crippen molar-refractivity contribution in [3.8, 4) is 0 Å². The van der Waals surface area contributed by atoms with Crippen molar-refractivity contribution < 1.29 is 9.59 Å². The molecule has 17 heavy (non-hydrogen) atoms. The molecule has 1 aromatic rings. The summed E-state index contributed by atoms with van der Waals surface area (Å²) in [7, 11) is 0. The first kappa shape index (κ1) is 13.2. The minimum atomic E-state index is -0.596. The van der Waals surface area contributed by atoms with Crippen LogP contribution in [0.4, 0.5) is 0 Å². The predicted molar refractivity (Wildman–Crippen MR) is 67.4 cm³/mol. The molecule has 0 saturated carbocycles. The summed E-state index contributed by atoms with van der Waals surface area (Å²) >= 11 is 0. The third-order valence-electron chi connectivity index (χ3n) is 2.46. The Kier molecular flexibility index (Phi) is 4.64. The minimum Gasteiger partial charge on any atom is -0.339 e. The zero-order valence-corrected chi connectivity index (χ0v) is 10.1. The first-order chi connectivity index (χ1) is 8.06. The zero-order valence-electron chi connectivity index (χ0n) is 10.1. The standard InChI is InChI=1S/C14H17NO2/c1-4-12(16)15-13(14(17)10(2)3)11-8-6-5-7-9-11/h4-10,13H,1H2,2-3H3,(H,15,16). The maximum absolute atomic E-state index is 12.0. The smallest absolute Gasteiger partial charge is 0.244 e. The molecular weight excluding hydrogens is 214 g/mol. The van der Waals surface area contributed by atoms with Crippen LogP contribution in [0.3, 0.4) is 0 Å². The Balaban J connectivity index is 2.98. The van der Waals surface area contributed by atoms with Crippen LogP contribution in [-0.2, 0) is 9.59 Å². The number of nitrogens with one attached hydrogen (secondary N) is 1. The van der Waals surface area contributed by atoms with E-state index in [9.17, 15) is 9.59 Å². The molecule has 0 aliphatic carbocycles. The molecule has 1 N–H and O–H groups in total. The van der Waals surface area contributed by atoms with E-state index in [1.165, 1.54) is 6.08 Å². The van der Waals surface area contributed by atoms with Crippen molar-refractivity contribution in [1.29, 1.82) is 0 Å². The highest BCUT2D eigenvalue weighted by atomic mass is 16.2. The number of carbonyl (C=O) groups is 2. The average Bonchev–Trinajstić information content (AvgIpc) is 2.35. The highest BCUT2D eigenvalue weighted by Gasteiger charge is 2.23. The number of benzene rings is 1. The van der Waals surface area contributed by atoms with Crippen molar-refractivity contribution in [3.05, 3.63) is 48.6 Å². The molecule has 0 aliphatic rings. The Morgan fingerprint density at radius 3 is 2.29 bits per heavy atom. The van der Waals surface area contributed by atoms with Gasteiger partial charge >= 0.3 is 0 Å². The number of rotatable bonds is 5. The maximum atomic E-state index is 12.0. The molecule has 1 aromatic carbocycles. The van der Waals surface area contributed by atoms with Crippen molar-refractivity contribution in [2.45, 2.75) is 19.9 Å². The molecule has 0 bridgehead atoms. The Hall–Kier alpha value is -1.90. The molecule has 1 unspecified atom stereocenters. The zero-order chi connectivity index (χ0) is 12.8. The van der Waals surface area contributed by atoms with Gasteiger partial charge in [0.2, 0.25) is 5.91 Å². The molecule has 0 aromatic heterocycles. The summed E-state index contributed by atoms with van der Waals surface area (Å²) in [4.78, 5) is 23.4. The van der Waals surface area contributed by atoms with Gasteiger partial charge in [-0.15, -0.1) is 0 Å². The van der Waals surface area contributed by atoms with Gasteiger partial charge in [-0.05, 0) is 11.6 Å². The average molecular weight is 231 g/mol. The number of Topliss-reactive ketones (excluding diaryl/α,β-unsaturated/α-hetero) is 1. The van der Waals surface area contributed by atoms with Crippen LogP contribution in [0.2, 0.25) is 0 Å². The third kappa shape index (κ3) is 3.55. The Morgan fingerprint density at radius 2 is 1.82 bits per heavy atom. The van der Waals surface area contributed by atoms with Crippen molar-refractivity contribution in [2.75, 3.05) is 0 Å². The highest BCUT2D eigenvalue weighted by Crippen LogP contribution is 2.17. The van der Waals surface area contributed by atoms with E-state index in [4.69, 9.17) is 0 Å². The van der Waals surface area contributed by atoms with Gasteiger partial charge in [0.15, 0.2) is 5.78 Å². The van der Waals surface area contributed by atoms with E-state index in [0.717, 1.165) is 5.56 Å². The maximum Gasteiger partial charge on any atom is 0.244 e. The second-order valence-electron chi connectivity index (χ2n) is 4.11. The van der Waals surface area contributed by atoms with E-state index in [2.05, 4.69) is 11.9 Å². The second-order valence-corrected chi connectivity index (χ2v) is 4.11. The Bertz CT molecular complexity index is 409. The number of carbonyl (C=O) groups excluding carboxylic acids is 2. The Morgan fingerprint density at radius 1 is 1.24 bits per heavy atom. The summed E-state index contributed by atoms with van der Waals surface area (Å²) in [6.45, 7) is 7.02. The van der Waals surface area contributed by atoms with Crippen LogP contribution < -0.4 is 5.32 Å². The molecule has 90 valence electrons. The van der Waals surface area contributed by atoms with Gasteiger partial charge in [0.1, 0.15) is 6.04 Å². The van der Waals surface area contributed by atoms with Gasteiger partial charge in [-0.2, -0.15) is 0 Å². The molecule has 0 saturated heterocycles. The van der Waals surface area contributed by atoms with Crippen LogP contribution >= 0.6 is 0 Å². The molecule has 0 radical (unpaired) electrons. The molecule has 1 amide bonds. The van der Waals surface area contributed by atoms with Crippen molar-refractivity contribution in [3.63, 3.8) is 0 Å². The van der Waals surface area contributed by atoms with E-state index < -0.39 is 6.04 Å². The summed E-state index contributed by atoms with van der Waals surface area (Å²) in [5, 5.41) is 2.66. The molecule has 0 fully saturated rings. The first-order valence-corrected chi connectivity index (χ1v) is 5.58. The lowest BCUT2D eigenvalue weighted by molar-refractivity contribution is -0.127. The minimum absolute atomic E-state index is 0.00796. The summed E-state index contributed by atoms with van der Waals surface area (Å²) in [5.41, 5.74) is 0.793. The molecule has 0 aliphatic heterocycles. The van der Waals surface area contributed by atoms with Gasteiger partial charge in [-0.25, -0.2) is 0 Å². The van der Waals surface area contributed by atoms with Crippen LogP contribution in [0.1, 0.15) is 25.5 Å². The van der Waals surface area contributed by atoms with Gasteiger partial charge in [0, 0.05) is 5.92 Å². The number of hydrogen-bond acceptors (Lipinski definition) is 2.